The fraction of sp³-hybridized carbons (Fsp3) is 0.538. The first-order valence-corrected chi connectivity index (χ1v) is 5.85. The van der Waals surface area contributed by atoms with Crippen LogP contribution >= 0.6 is 0 Å². The van der Waals surface area contributed by atoms with E-state index in [2.05, 4.69) is 5.32 Å². The van der Waals surface area contributed by atoms with Crippen LogP contribution in [0.3, 0.4) is 0 Å². The lowest BCUT2D eigenvalue weighted by Gasteiger charge is -2.27. The van der Waals surface area contributed by atoms with Gasteiger partial charge in [-0.25, -0.2) is 4.39 Å². The number of phenolic OH excluding ortho intramolecular Hbond substituents is 1. The predicted octanol–water partition coefficient (Wildman–Crippen LogP) is 0.933. The van der Waals surface area contributed by atoms with E-state index in [0.717, 1.165) is 5.56 Å². The second kappa shape index (κ2) is 6.13. The lowest BCUT2D eigenvalue weighted by atomic mass is 10.1. The van der Waals surface area contributed by atoms with Gasteiger partial charge in [-0.15, -0.1) is 0 Å². The summed E-state index contributed by atoms with van der Waals surface area (Å²) in [6.07, 6.45) is 0. The Kier molecular flexibility index (Phi) is 5.07. The zero-order chi connectivity index (χ0) is 13.8. The highest BCUT2D eigenvalue weighted by molar-refractivity contribution is 5.27. The Bertz CT molecular complexity index is 395. The number of halogens is 1. The van der Waals surface area contributed by atoms with Gasteiger partial charge in [0.2, 0.25) is 0 Å². The molecule has 0 heterocycles. The van der Waals surface area contributed by atoms with Crippen molar-refractivity contribution in [2.75, 3.05) is 27.2 Å². The highest BCUT2D eigenvalue weighted by atomic mass is 19.1. The minimum Gasteiger partial charge on any atom is -0.505 e. The van der Waals surface area contributed by atoms with E-state index in [1.807, 2.05) is 19.0 Å². The Hall–Kier alpha value is -1.17. The molecule has 0 aliphatic heterocycles. The summed E-state index contributed by atoms with van der Waals surface area (Å²) in [5.41, 5.74) is -0.107. The van der Waals surface area contributed by atoms with Crippen LogP contribution in [0.5, 0.6) is 5.75 Å². The molecule has 0 amide bonds. The van der Waals surface area contributed by atoms with E-state index in [-0.39, 0.29) is 5.75 Å². The molecule has 1 unspecified atom stereocenters. The van der Waals surface area contributed by atoms with E-state index < -0.39 is 11.4 Å². The fourth-order valence-electron chi connectivity index (χ4n) is 1.87. The number of hydrogen-bond acceptors (Lipinski definition) is 4. The summed E-state index contributed by atoms with van der Waals surface area (Å²) < 4.78 is 13.1. The van der Waals surface area contributed by atoms with Crippen molar-refractivity contribution in [3.05, 3.63) is 29.6 Å². The summed E-state index contributed by atoms with van der Waals surface area (Å²) >= 11 is 0. The molecule has 1 aromatic carbocycles. The average Bonchev–Trinajstić information content (AvgIpc) is 2.21. The number of likely N-dealkylation sites (N-methyl/N-ethyl adjacent to an activating group) is 1. The van der Waals surface area contributed by atoms with Gasteiger partial charge >= 0.3 is 0 Å². The van der Waals surface area contributed by atoms with E-state index in [4.69, 9.17) is 5.11 Å². The summed E-state index contributed by atoms with van der Waals surface area (Å²) in [5.74, 6) is -0.979. The highest BCUT2D eigenvalue weighted by Crippen LogP contribution is 2.16. The second-order valence-corrected chi connectivity index (χ2v) is 5.12. The zero-order valence-corrected chi connectivity index (χ0v) is 11.1. The second-order valence-electron chi connectivity index (χ2n) is 5.12. The van der Waals surface area contributed by atoms with Gasteiger partial charge in [0.25, 0.3) is 0 Å². The van der Waals surface area contributed by atoms with Crippen molar-refractivity contribution in [3.8, 4) is 5.75 Å². The molecule has 3 N–H and O–H groups in total. The Morgan fingerprint density at radius 2 is 2.06 bits per heavy atom. The molecule has 0 aliphatic rings. The topological polar surface area (TPSA) is 55.7 Å². The Labute approximate surface area is 107 Å². The number of nitrogens with zero attached hydrogens (tertiary/aromatic N) is 1. The molecule has 4 nitrogen and oxygen atoms in total. The smallest absolute Gasteiger partial charge is 0.165 e. The van der Waals surface area contributed by atoms with Crippen molar-refractivity contribution >= 4 is 0 Å². The first-order chi connectivity index (χ1) is 8.30. The molecular formula is C13H21FN2O2. The number of benzene rings is 1. The third-order valence-corrected chi connectivity index (χ3v) is 2.50. The third kappa shape index (κ3) is 5.00. The predicted molar refractivity (Wildman–Crippen MR) is 68.9 cm³/mol. The number of nitrogens with one attached hydrogen (secondary N) is 1. The zero-order valence-electron chi connectivity index (χ0n) is 11.1. The molecule has 0 radical (unpaired) electrons. The molecule has 1 atom stereocenters. The normalized spacial score (nSPS) is 14.8. The lowest BCUT2D eigenvalue weighted by molar-refractivity contribution is 0.0336. The highest BCUT2D eigenvalue weighted by Gasteiger charge is 2.20. The standard InChI is InChI=1S/C13H21FN2O2/c1-13(18,9-16(2)3)8-15-7-10-4-5-12(17)11(14)6-10/h4-6,15,17-18H,7-9H2,1-3H3. The summed E-state index contributed by atoms with van der Waals surface area (Å²) in [6, 6.07) is 4.25. The van der Waals surface area contributed by atoms with Crippen LogP contribution in [-0.2, 0) is 6.54 Å². The van der Waals surface area contributed by atoms with Crippen LogP contribution < -0.4 is 5.32 Å². The first-order valence-electron chi connectivity index (χ1n) is 5.85. The Morgan fingerprint density at radius 3 is 2.61 bits per heavy atom. The molecule has 0 saturated heterocycles. The average molecular weight is 256 g/mol. The van der Waals surface area contributed by atoms with Crippen LogP contribution in [-0.4, -0.2) is 47.9 Å². The summed E-state index contributed by atoms with van der Waals surface area (Å²) in [4.78, 5) is 1.90. The van der Waals surface area contributed by atoms with Crippen molar-refractivity contribution in [2.45, 2.75) is 19.1 Å². The van der Waals surface area contributed by atoms with E-state index in [0.29, 0.717) is 19.6 Å². The largest absolute Gasteiger partial charge is 0.505 e. The van der Waals surface area contributed by atoms with Crippen LogP contribution in [0.2, 0.25) is 0 Å². The lowest BCUT2D eigenvalue weighted by Crippen LogP contribution is -2.45. The van der Waals surface area contributed by atoms with Crippen LogP contribution in [0, 0.1) is 5.82 Å². The van der Waals surface area contributed by atoms with Gasteiger partial charge in [0, 0.05) is 19.6 Å². The summed E-state index contributed by atoms with van der Waals surface area (Å²) in [5, 5.41) is 22.2. The van der Waals surface area contributed by atoms with Crippen LogP contribution in [0.4, 0.5) is 4.39 Å². The quantitative estimate of drug-likeness (QED) is 0.709. The maximum absolute atomic E-state index is 13.1. The summed E-state index contributed by atoms with van der Waals surface area (Å²) in [7, 11) is 3.79. The minimum absolute atomic E-state index is 0.349. The SMILES string of the molecule is CN(C)CC(C)(O)CNCc1ccc(O)c(F)c1. The van der Waals surface area contributed by atoms with Gasteiger partial charge in [-0.2, -0.15) is 0 Å². The molecule has 102 valence electrons. The molecular weight excluding hydrogens is 235 g/mol. The molecule has 0 bridgehead atoms. The van der Waals surface area contributed by atoms with E-state index in [1.54, 1.807) is 13.0 Å². The molecule has 1 rings (SSSR count). The number of phenols is 1. The number of aromatic hydroxyl groups is 1. The number of rotatable bonds is 6. The first kappa shape index (κ1) is 14.9. The molecule has 1 aromatic rings. The van der Waals surface area contributed by atoms with E-state index in [9.17, 15) is 9.50 Å². The van der Waals surface area contributed by atoms with Gasteiger partial charge in [-0.1, -0.05) is 6.07 Å². The van der Waals surface area contributed by atoms with Crippen LogP contribution in [0.1, 0.15) is 12.5 Å². The van der Waals surface area contributed by atoms with Gasteiger partial charge in [0.1, 0.15) is 0 Å². The van der Waals surface area contributed by atoms with Crippen molar-refractivity contribution in [1.29, 1.82) is 0 Å². The van der Waals surface area contributed by atoms with Gasteiger partial charge in [0.15, 0.2) is 11.6 Å². The monoisotopic (exact) mass is 256 g/mol. The maximum Gasteiger partial charge on any atom is 0.165 e. The fourth-order valence-corrected chi connectivity index (χ4v) is 1.87. The third-order valence-electron chi connectivity index (χ3n) is 2.50. The van der Waals surface area contributed by atoms with Crippen LogP contribution in [0.25, 0.3) is 0 Å². The van der Waals surface area contributed by atoms with Crippen molar-refractivity contribution in [3.63, 3.8) is 0 Å². The van der Waals surface area contributed by atoms with Crippen LogP contribution in [0.15, 0.2) is 18.2 Å². The molecule has 0 saturated carbocycles. The minimum atomic E-state index is -0.834. The molecule has 0 spiro atoms. The Balaban J connectivity index is 2.43. The molecule has 0 fully saturated rings. The van der Waals surface area contributed by atoms with Crippen molar-refractivity contribution < 1.29 is 14.6 Å². The van der Waals surface area contributed by atoms with Crippen molar-refractivity contribution in [2.24, 2.45) is 0 Å². The summed E-state index contributed by atoms with van der Waals surface area (Å²) in [6.45, 7) is 3.15. The van der Waals surface area contributed by atoms with Gasteiger partial charge in [-0.3, -0.25) is 0 Å². The van der Waals surface area contributed by atoms with Gasteiger partial charge < -0.3 is 20.4 Å². The van der Waals surface area contributed by atoms with Gasteiger partial charge in [-0.05, 0) is 38.7 Å². The van der Waals surface area contributed by atoms with Gasteiger partial charge in [0.05, 0.1) is 5.60 Å². The number of hydrogen-bond donors (Lipinski definition) is 3. The van der Waals surface area contributed by atoms with E-state index in [1.165, 1.54) is 12.1 Å². The van der Waals surface area contributed by atoms with E-state index >= 15 is 0 Å². The molecule has 0 aliphatic carbocycles. The van der Waals surface area contributed by atoms with Crippen molar-refractivity contribution in [1.82, 2.24) is 10.2 Å². The molecule has 0 aromatic heterocycles. The maximum atomic E-state index is 13.1. The number of aliphatic hydroxyl groups is 1. The molecule has 5 heteroatoms. The Morgan fingerprint density at radius 1 is 1.39 bits per heavy atom. The molecule has 18 heavy (non-hydrogen) atoms.